The van der Waals surface area contributed by atoms with Crippen molar-refractivity contribution in [1.82, 2.24) is 14.1 Å². The van der Waals surface area contributed by atoms with Crippen molar-refractivity contribution in [2.75, 3.05) is 0 Å². The first-order valence-corrected chi connectivity index (χ1v) is 11.3. The van der Waals surface area contributed by atoms with Crippen LogP contribution in [-0.2, 0) is 11.2 Å². The van der Waals surface area contributed by atoms with Crippen molar-refractivity contribution in [2.45, 2.75) is 13.3 Å². The van der Waals surface area contributed by atoms with Gasteiger partial charge in [0.05, 0.1) is 28.6 Å². The monoisotopic (exact) mass is 479 g/mol. The quantitative estimate of drug-likeness (QED) is 0.280. The number of benzene rings is 3. The lowest BCUT2D eigenvalue weighted by Gasteiger charge is -2.08. The van der Waals surface area contributed by atoms with Crippen molar-refractivity contribution in [3.8, 4) is 22.9 Å². The van der Waals surface area contributed by atoms with Crippen LogP contribution in [0.1, 0.15) is 11.1 Å². The van der Waals surface area contributed by atoms with Gasteiger partial charge in [0.1, 0.15) is 17.3 Å². The summed E-state index contributed by atoms with van der Waals surface area (Å²) in [5, 5.41) is 0. The number of aryl methyl sites for hydroxylation is 1. The number of halogens is 1. The molecule has 2 aromatic heterocycles. The van der Waals surface area contributed by atoms with Crippen molar-refractivity contribution in [3.63, 3.8) is 0 Å². The molecule has 178 valence electrons. The number of pyridine rings is 1. The van der Waals surface area contributed by atoms with Crippen molar-refractivity contribution in [2.24, 2.45) is 0 Å². The molecule has 3 aromatic carbocycles. The highest BCUT2D eigenvalue weighted by atomic mass is 19.1. The van der Waals surface area contributed by atoms with Gasteiger partial charge in [0.25, 0.3) is 0 Å². The van der Waals surface area contributed by atoms with E-state index in [9.17, 15) is 14.0 Å². The maximum absolute atomic E-state index is 13.9. The van der Waals surface area contributed by atoms with E-state index >= 15 is 0 Å². The molecule has 0 saturated heterocycles. The summed E-state index contributed by atoms with van der Waals surface area (Å²) in [5.74, 6) is 0.464. The predicted octanol–water partition coefficient (Wildman–Crippen LogP) is 5.71. The fourth-order valence-electron chi connectivity index (χ4n) is 4.06. The van der Waals surface area contributed by atoms with Crippen LogP contribution in [0.5, 0.6) is 11.5 Å². The van der Waals surface area contributed by atoms with E-state index in [0.717, 1.165) is 5.56 Å². The zero-order valence-electron chi connectivity index (χ0n) is 19.5. The van der Waals surface area contributed by atoms with E-state index in [1.54, 1.807) is 70.9 Å². The van der Waals surface area contributed by atoms with Crippen molar-refractivity contribution >= 4 is 16.8 Å². The van der Waals surface area contributed by atoms with E-state index in [1.165, 1.54) is 12.1 Å². The number of imidazole rings is 1. The Kier molecular flexibility index (Phi) is 6.04. The summed E-state index contributed by atoms with van der Waals surface area (Å²) < 4.78 is 22.8. The number of hydrogen-bond donors (Lipinski definition) is 0. The average molecular weight is 480 g/mol. The Hall–Kier alpha value is -4.78. The summed E-state index contributed by atoms with van der Waals surface area (Å²) in [6.07, 6.45) is 4.76. The van der Waals surface area contributed by atoms with E-state index in [2.05, 4.69) is 11.6 Å². The zero-order chi connectivity index (χ0) is 25.2. The second-order valence-corrected chi connectivity index (χ2v) is 8.34. The zero-order valence-corrected chi connectivity index (χ0v) is 19.5. The van der Waals surface area contributed by atoms with Crippen molar-refractivity contribution in [3.05, 3.63) is 125 Å². The molecular weight excluding hydrogens is 457 g/mol. The van der Waals surface area contributed by atoms with Crippen LogP contribution in [0.15, 0.2) is 103 Å². The molecule has 0 aliphatic heterocycles. The standard InChI is InChI=1S/C29H22FN3O3/c1-3-23(34)16-20-5-4-6-22(15-20)33-27-13-14-31-18-28(27)32(29(33)35)21-8-11-24(12-9-21)36-25-10-7-19(2)26(30)17-25/h3-15,17-18H,1,16H2,2H3. The van der Waals surface area contributed by atoms with E-state index in [1.807, 2.05) is 24.3 Å². The Balaban J connectivity index is 1.54. The molecule has 5 aromatic rings. The molecule has 2 heterocycles. The van der Waals surface area contributed by atoms with Gasteiger partial charge in [0.2, 0.25) is 0 Å². The Morgan fingerprint density at radius 3 is 2.47 bits per heavy atom. The molecule has 5 rings (SSSR count). The molecule has 0 N–H and O–H groups in total. The molecular formula is C29H22FN3O3. The normalized spacial score (nSPS) is 10.9. The van der Waals surface area contributed by atoms with Crippen LogP contribution in [0.25, 0.3) is 22.4 Å². The van der Waals surface area contributed by atoms with Gasteiger partial charge in [-0.1, -0.05) is 24.8 Å². The molecule has 0 amide bonds. The number of nitrogens with zero attached hydrogens (tertiary/aromatic N) is 3. The van der Waals surface area contributed by atoms with Crippen molar-refractivity contribution in [1.29, 1.82) is 0 Å². The molecule has 7 heteroatoms. The second-order valence-electron chi connectivity index (χ2n) is 8.34. The number of fused-ring (bicyclic) bond motifs is 1. The Morgan fingerprint density at radius 2 is 1.72 bits per heavy atom. The number of carbonyl (C=O) groups is 1. The highest BCUT2D eigenvalue weighted by molar-refractivity contribution is 5.91. The minimum Gasteiger partial charge on any atom is -0.457 e. The van der Waals surface area contributed by atoms with E-state index in [4.69, 9.17) is 4.74 Å². The Labute approximate surface area is 206 Å². The molecule has 0 atom stereocenters. The summed E-state index contributed by atoms with van der Waals surface area (Å²) in [7, 11) is 0. The van der Waals surface area contributed by atoms with Gasteiger partial charge in [-0.15, -0.1) is 0 Å². The molecule has 0 spiro atoms. The van der Waals surface area contributed by atoms with Gasteiger partial charge >= 0.3 is 5.69 Å². The number of carbonyl (C=O) groups excluding carboxylic acids is 1. The third kappa shape index (κ3) is 4.34. The third-order valence-electron chi connectivity index (χ3n) is 5.89. The van der Waals surface area contributed by atoms with Crippen LogP contribution >= 0.6 is 0 Å². The number of ether oxygens (including phenoxy) is 1. The molecule has 0 saturated carbocycles. The smallest absolute Gasteiger partial charge is 0.338 e. The van der Waals surface area contributed by atoms with E-state index in [-0.39, 0.29) is 23.7 Å². The molecule has 6 nitrogen and oxygen atoms in total. The van der Waals surface area contributed by atoms with Gasteiger partial charge < -0.3 is 4.74 Å². The Morgan fingerprint density at radius 1 is 0.972 bits per heavy atom. The molecule has 0 unspecified atom stereocenters. The second kappa shape index (κ2) is 9.46. The summed E-state index contributed by atoms with van der Waals surface area (Å²) in [4.78, 5) is 29.7. The van der Waals surface area contributed by atoms with E-state index < -0.39 is 0 Å². The summed E-state index contributed by atoms with van der Waals surface area (Å²) >= 11 is 0. The molecule has 36 heavy (non-hydrogen) atoms. The van der Waals surface area contributed by atoms with Crippen LogP contribution in [0.2, 0.25) is 0 Å². The van der Waals surface area contributed by atoms with Gasteiger partial charge in [-0.25, -0.2) is 9.18 Å². The minimum atomic E-state index is -0.339. The molecule has 0 radical (unpaired) electrons. The van der Waals surface area contributed by atoms with Crippen LogP contribution < -0.4 is 10.4 Å². The Bertz CT molecular complexity index is 1670. The van der Waals surface area contributed by atoms with Crippen LogP contribution in [0.4, 0.5) is 4.39 Å². The minimum absolute atomic E-state index is 0.0955. The fourth-order valence-corrected chi connectivity index (χ4v) is 4.06. The molecule has 0 bridgehead atoms. The van der Waals surface area contributed by atoms with Crippen LogP contribution in [0.3, 0.4) is 0 Å². The van der Waals surface area contributed by atoms with Gasteiger partial charge in [-0.3, -0.25) is 18.9 Å². The van der Waals surface area contributed by atoms with Gasteiger partial charge in [-0.05, 0) is 72.7 Å². The molecule has 0 aliphatic carbocycles. The lowest BCUT2D eigenvalue weighted by atomic mass is 10.1. The van der Waals surface area contributed by atoms with Crippen molar-refractivity contribution < 1.29 is 13.9 Å². The number of ketones is 1. The molecule has 0 aliphatic rings. The predicted molar refractivity (Wildman–Crippen MR) is 137 cm³/mol. The average Bonchev–Trinajstić information content (AvgIpc) is 3.18. The van der Waals surface area contributed by atoms with Crippen LogP contribution in [-0.4, -0.2) is 19.9 Å². The summed E-state index contributed by atoms with van der Waals surface area (Å²) in [6, 6.07) is 20.7. The first-order chi connectivity index (χ1) is 17.4. The van der Waals surface area contributed by atoms with Gasteiger partial charge in [-0.2, -0.15) is 0 Å². The maximum atomic E-state index is 13.9. The number of hydrogen-bond acceptors (Lipinski definition) is 4. The number of allylic oxidation sites excluding steroid dienone is 1. The first kappa shape index (κ1) is 23.0. The number of rotatable bonds is 7. The van der Waals surface area contributed by atoms with Gasteiger partial charge in [0.15, 0.2) is 5.78 Å². The first-order valence-electron chi connectivity index (χ1n) is 11.3. The van der Waals surface area contributed by atoms with E-state index in [0.29, 0.717) is 39.5 Å². The highest BCUT2D eigenvalue weighted by Gasteiger charge is 2.17. The highest BCUT2D eigenvalue weighted by Crippen LogP contribution is 2.26. The van der Waals surface area contributed by atoms with Crippen LogP contribution in [0, 0.1) is 12.7 Å². The lowest BCUT2D eigenvalue weighted by molar-refractivity contribution is -0.114. The third-order valence-corrected chi connectivity index (χ3v) is 5.89. The molecule has 0 fully saturated rings. The topological polar surface area (TPSA) is 66.1 Å². The lowest BCUT2D eigenvalue weighted by Crippen LogP contribution is -2.22. The summed E-state index contributed by atoms with van der Waals surface area (Å²) in [5.41, 5.74) is 3.62. The fraction of sp³-hybridized carbons (Fsp3) is 0.0690. The number of aromatic nitrogens is 3. The van der Waals surface area contributed by atoms with Gasteiger partial charge in [0, 0.05) is 18.7 Å². The SMILES string of the molecule is C=CC(=O)Cc1cccc(-n2c(=O)n(-c3ccc(Oc4ccc(C)c(F)c4)cc3)c3cnccc32)c1. The largest absolute Gasteiger partial charge is 0.457 e. The maximum Gasteiger partial charge on any atom is 0.338 e. The summed E-state index contributed by atoms with van der Waals surface area (Å²) in [6.45, 7) is 5.21.